The lowest BCUT2D eigenvalue weighted by molar-refractivity contribution is -0.697. The summed E-state index contributed by atoms with van der Waals surface area (Å²) in [5.41, 5.74) is 0. The van der Waals surface area contributed by atoms with E-state index in [4.69, 9.17) is 0 Å². The highest BCUT2D eigenvalue weighted by Crippen LogP contribution is 1.85. The summed E-state index contributed by atoms with van der Waals surface area (Å²) in [7, 11) is 0. The molecule has 0 unspecified atom stereocenters. The standard InChI is InChI=1S/C9H14N.H2O/c1-2-3-7-10-8-5-4-6-9-10;/h4-6,8-9H,2-3,7H2,1H3;1H2/q+1;/p-1. The second-order valence-corrected chi connectivity index (χ2v) is 2.47. The van der Waals surface area contributed by atoms with E-state index < -0.39 is 0 Å². The van der Waals surface area contributed by atoms with Crippen molar-refractivity contribution in [1.82, 2.24) is 0 Å². The lowest BCUT2D eigenvalue weighted by Gasteiger charge is -1.91. The first kappa shape index (κ1) is 10.1. The number of hydrogen-bond acceptors (Lipinski definition) is 1. The van der Waals surface area contributed by atoms with Crippen molar-refractivity contribution in [2.45, 2.75) is 26.3 Å². The fourth-order valence-electron chi connectivity index (χ4n) is 0.924. The zero-order chi connectivity index (χ0) is 7.23. The highest BCUT2D eigenvalue weighted by atomic mass is 16.0. The molecule has 2 heteroatoms. The molecule has 0 saturated heterocycles. The Morgan fingerprint density at radius 2 is 1.73 bits per heavy atom. The smallest absolute Gasteiger partial charge is 0.168 e. The zero-order valence-electron chi connectivity index (χ0n) is 6.90. The molecular weight excluding hydrogens is 138 g/mol. The van der Waals surface area contributed by atoms with Crippen molar-refractivity contribution in [3.63, 3.8) is 0 Å². The summed E-state index contributed by atoms with van der Waals surface area (Å²) in [6, 6.07) is 6.17. The topological polar surface area (TPSA) is 33.9 Å². The van der Waals surface area contributed by atoms with Crippen LogP contribution in [0.5, 0.6) is 0 Å². The van der Waals surface area contributed by atoms with Gasteiger partial charge in [0.1, 0.15) is 6.54 Å². The monoisotopic (exact) mass is 153 g/mol. The molecule has 0 aliphatic rings. The Morgan fingerprint density at radius 1 is 1.09 bits per heavy atom. The Morgan fingerprint density at radius 3 is 2.27 bits per heavy atom. The molecule has 0 fully saturated rings. The summed E-state index contributed by atoms with van der Waals surface area (Å²) in [6.07, 6.45) is 6.75. The van der Waals surface area contributed by atoms with Crippen molar-refractivity contribution in [1.29, 1.82) is 0 Å². The molecule has 0 spiro atoms. The van der Waals surface area contributed by atoms with E-state index in [0.29, 0.717) is 0 Å². The van der Waals surface area contributed by atoms with E-state index in [1.807, 2.05) is 6.07 Å². The van der Waals surface area contributed by atoms with Gasteiger partial charge in [-0.25, -0.2) is 4.57 Å². The summed E-state index contributed by atoms with van der Waals surface area (Å²) in [4.78, 5) is 0. The fourth-order valence-corrected chi connectivity index (χ4v) is 0.924. The first-order valence-electron chi connectivity index (χ1n) is 3.87. The quantitative estimate of drug-likeness (QED) is 0.607. The van der Waals surface area contributed by atoms with E-state index in [1.165, 1.54) is 12.8 Å². The van der Waals surface area contributed by atoms with Crippen LogP contribution in [0.4, 0.5) is 0 Å². The molecule has 1 heterocycles. The van der Waals surface area contributed by atoms with Crippen molar-refractivity contribution in [2.24, 2.45) is 0 Å². The van der Waals surface area contributed by atoms with Crippen LogP contribution >= 0.6 is 0 Å². The largest absolute Gasteiger partial charge is 0.870 e. The van der Waals surface area contributed by atoms with Gasteiger partial charge in [0.05, 0.1) is 0 Å². The normalized spacial score (nSPS) is 8.82. The van der Waals surface area contributed by atoms with Gasteiger partial charge in [-0.2, -0.15) is 0 Å². The van der Waals surface area contributed by atoms with Crippen LogP contribution in [-0.2, 0) is 6.54 Å². The number of aromatic nitrogens is 1. The lowest BCUT2D eigenvalue weighted by Crippen LogP contribution is -2.31. The van der Waals surface area contributed by atoms with Crippen LogP contribution in [0.2, 0.25) is 0 Å². The molecule has 0 aliphatic carbocycles. The first-order chi connectivity index (χ1) is 4.93. The summed E-state index contributed by atoms with van der Waals surface area (Å²) < 4.78 is 2.21. The highest BCUT2D eigenvalue weighted by Gasteiger charge is 1.93. The van der Waals surface area contributed by atoms with E-state index in [9.17, 15) is 0 Å². The molecule has 2 nitrogen and oxygen atoms in total. The van der Waals surface area contributed by atoms with Crippen LogP contribution < -0.4 is 4.57 Å². The van der Waals surface area contributed by atoms with Gasteiger partial charge in [-0.05, 0) is 0 Å². The average molecular weight is 153 g/mol. The maximum absolute atomic E-state index is 2.21. The molecule has 0 amide bonds. The van der Waals surface area contributed by atoms with Gasteiger partial charge in [-0.3, -0.25) is 0 Å². The predicted octanol–water partition coefficient (Wildman–Crippen LogP) is 1.60. The van der Waals surface area contributed by atoms with Crippen molar-refractivity contribution < 1.29 is 10.0 Å². The zero-order valence-corrected chi connectivity index (χ0v) is 6.90. The molecule has 0 aliphatic heterocycles. The minimum absolute atomic E-state index is 0. The first-order valence-corrected chi connectivity index (χ1v) is 3.87. The van der Waals surface area contributed by atoms with Gasteiger partial charge >= 0.3 is 0 Å². The van der Waals surface area contributed by atoms with Crippen LogP contribution in [0.1, 0.15) is 19.8 Å². The number of rotatable bonds is 3. The second-order valence-electron chi connectivity index (χ2n) is 2.47. The van der Waals surface area contributed by atoms with Crippen molar-refractivity contribution in [3.8, 4) is 0 Å². The van der Waals surface area contributed by atoms with Crippen molar-refractivity contribution in [3.05, 3.63) is 30.6 Å². The maximum Gasteiger partial charge on any atom is 0.168 e. The Balaban J connectivity index is 0.000001000. The number of aryl methyl sites for hydroxylation is 1. The molecule has 0 atom stereocenters. The van der Waals surface area contributed by atoms with Gasteiger partial charge in [-0.15, -0.1) is 0 Å². The molecule has 1 aromatic heterocycles. The van der Waals surface area contributed by atoms with E-state index >= 15 is 0 Å². The fraction of sp³-hybridized carbons (Fsp3) is 0.444. The summed E-state index contributed by atoms with van der Waals surface area (Å²) in [6.45, 7) is 3.36. The van der Waals surface area contributed by atoms with Gasteiger partial charge in [0.2, 0.25) is 0 Å². The van der Waals surface area contributed by atoms with Crippen LogP contribution in [0, 0.1) is 0 Å². The Kier molecular flexibility index (Phi) is 5.39. The molecule has 11 heavy (non-hydrogen) atoms. The summed E-state index contributed by atoms with van der Waals surface area (Å²) in [5, 5.41) is 0. The molecule has 0 aromatic carbocycles. The van der Waals surface area contributed by atoms with Gasteiger partial charge < -0.3 is 5.48 Å². The minimum atomic E-state index is 0. The number of nitrogens with zero attached hydrogens (tertiary/aromatic N) is 1. The molecule has 1 aromatic rings. The summed E-state index contributed by atoms with van der Waals surface area (Å²) in [5.74, 6) is 0. The van der Waals surface area contributed by atoms with E-state index in [2.05, 4.69) is 36.0 Å². The van der Waals surface area contributed by atoms with E-state index in [-0.39, 0.29) is 5.48 Å². The Hall–Kier alpha value is -0.890. The van der Waals surface area contributed by atoms with Crippen LogP contribution in [0.25, 0.3) is 0 Å². The van der Waals surface area contributed by atoms with Crippen molar-refractivity contribution >= 4 is 0 Å². The van der Waals surface area contributed by atoms with Crippen LogP contribution in [-0.4, -0.2) is 5.48 Å². The molecule has 1 rings (SSSR count). The van der Waals surface area contributed by atoms with Crippen LogP contribution in [0.15, 0.2) is 30.6 Å². The predicted molar refractivity (Wildman–Crippen MR) is 43.5 cm³/mol. The number of unbranched alkanes of at least 4 members (excludes halogenated alkanes) is 1. The van der Waals surface area contributed by atoms with Crippen molar-refractivity contribution in [2.75, 3.05) is 0 Å². The van der Waals surface area contributed by atoms with Gasteiger partial charge in [0.25, 0.3) is 0 Å². The molecule has 0 saturated carbocycles. The highest BCUT2D eigenvalue weighted by molar-refractivity contribution is 4.83. The number of pyridine rings is 1. The van der Waals surface area contributed by atoms with Crippen LogP contribution in [0.3, 0.4) is 0 Å². The molecule has 62 valence electrons. The molecular formula is C9H15NO. The molecule has 0 radical (unpaired) electrons. The second kappa shape index (κ2) is 5.86. The third-order valence-corrected chi connectivity index (χ3v) is 1.55. The number of hydrogen-bond donors (Lipinski definition) is 0. The molecule has 0 bridgehead atoms. The Bertz CT molecular complexity index is 174. The van der Waals surface area contributed by atoms with Gasteiger partial charge in [-0.1, -0.05) is 19.4 Å². The third kappa shape index (κ3) is 3.73. The summed E-state index contributed by atoms with van der Waals surface area (Å²) >= 11 is 0. The van der Waals surface area contributed by atoms with Gasteiger partial charge in [0.15, 0.2) is 12.4 Å². The van der Waals surface area contributed by atoms with Gasteiger partial charge in [0, 0.05) is 18.6 Å². The average Bonchev–Trinajstić information content (AvgIpc) is 2.03. The molecule has 1 N–H and O–H groups in total. The lowest BCUT2D eigenvalue weighted by atomic mass is 10.3. The van der Waals surface area contributed by atoms with E-state index in [0.717, 1.165) is 6.54 Å². The Labute approximate surface area is 67.8 Å². The third-order valence-electron chi connectivity index (χ3n) is 1.55. The van der Waals surface area contributed by atoms with E-state index in [1.54, 1.807) is 0 Å². The maximum atomic E-state index is 2.21. The minimum Gasteiger partial charge on any atom is -0.870 e. The SMILES string of the molecule is CCCC[n+]1ccccc1.[OH-].